The topological polar surface area (TPSA) is 120 Å². The molecule has 1 aromatic carbocycles. The summed E-state index contributed by atoms with van der Waals surface area (Å²) in [5.74, 6) is -1.07. The first-order valence-electron chi connectivity index (χ1n) is 9.17. The van der Waals surface area contributed by atoms with Crippen LogP contribution in [0.25, 0.3) is 0 Å². The lowest BCUT2D eigenvalue weighted by molar-refractivity contribution is -0.126. The standard InChI is InChI=1S/C21H22N4O3/c22-11-15-4-1-3-14(9-15)6-7-16-10-19(17-5-2-8-24-12-17)25(21(27)28)13-18(16)20(23)26/h1-5,8-9,12,16,18-19H,6-7,10,13H2,(H2,23,26)(H,27,28). The van der Waals surface area contributed by atoms with Gasteiger partial charge in [-0.1, -0.05) is 18.2 Å². The van der Waals surface area contributed by atoms with Crippen molar-refractivity contribution in [1.29, 1.82) is 5.26 Å². The van der Waals surface area contributed by atoms with Gasteiger partial charge in [0, 0.05) is 18.9 Å². The van der Waals surface area contributed by atoms with Crippen LogP contribution in [0, 0.1) is 23.2 Å². The molecule has 0 radical (unpaired) electrons. The van der Waals surface area contributed by atoms with E-state index in [0.29, 0.717) is 24.8 Å². The Bertz CT molecular complexity index is 894. The van der Waals surface area contributed by atoms with Gasteiger partial charge < -0.3 is 15.7 Å². The molecule has 3 N–H and O–H groups in total. The minimum absolute atomic E-state index is 0.0518. The third-order valence-corrected chi connectivity index (χ3v) is 5.40. The Morgan fingerprint density at radius 3 is 2.79 bits per heavy atom. The lowest BCUT2D eigenvalue weighted by Gasteiger charge is -2.42. The number of hydrogen-bond acceptors (Lipinski definition) is 4. The number of carboxylic acid groups (broad SMARTS) is 1. The molecule has 0 aliphatic carbocycles. The molecule has 1 aromatic heterocycles. The lowest BCUT2D eigenvalue weighted by atomic mass is 9.77. The number of aryl methyl sites for hydroxylation is 1. The van der Waals surface area contributed by atoms with Crippen LogP contribution in [0.3, 0.4) is 0 Å². The minimum Gasteiger partial charge on any atom is -0.465 e. The van der Waals surface area contributed by atoms with Gasteiger partial charge in [0.1, 0.15) is 0 Å². The highest BCUT2D eigenvalue weighted by atomic mass is 16.4. The molecule has 2 amide bonds. The largest absolute Gasteiger partial charge is 0.465 e. The molecule has 1 aliphatic rings. The number of rotatable bonds is 5. The van der Waals surface area contributed by atoms with E-state index in [4.69, 9.17) is 11.0 Å². The van der Waals surface area contributed by atoms with Gasteiger partial charge in [-0.15, -0.1) is 0 Å². The van der Waals surface area contributed by atoms with Gasteiger partial charge >= 0.3 is 6.09 Å². The maximum absolute atomic E-state index is 12.0. The fraction of sp³-hybridized carbons (Fsp3) is 0.333. The zero-order valence-corrected chi connectivity index (χ0v) is 15.4. The molecule has 144 valence electrons. The molecule has 0 saturated carbocycles. The number of nitrogens with zero attached hydrogens (tertiary/aromatic N) is 3. The molecule has 3 unspecified atom stereocenters. The maximum atomic E-state index is 12.0. The summed E-state index contributed by atoms with van der Waals surface area (Å²) in [6, 6.07) is 12.8. The van der Waals surface area contributed by atoms with Crippen molar-refractivity contribution in [2.45, 2.75) is 25.3 Å². The van der Waals surface area contributed by atoms with Crippen molar-refractivity contribution in [2.75, 3.05) is 6.54 Å². The monoisotopic (exact) mass is 378 g/mol. The molecular formula is C21H22N4O3. The van der Waals surface area contributed by atoms with Crippen molar-refractivity contribution in [3.8, 4) is 6.07 Å². The van der Waals surface area contributed by atoms with Gasteiger partial charge in [-0.3, -0.25) is 9.78 Å². The molecule has 2 aromatic rings. The summed E-state index contributed by atoms with van der Waals surface area (Å²) in [4.78, 5) is 29.2. The van der Waals surface area contributed by atoms with Gasteiger partial charge in [0.25, 0.3) is 0 Å². The van der Waals surface area contributed by atoms with E-state index in [0.717, 1.165) is 11.1 Å². The molecule has 1 fully saturated rings. The van der Waals surface area contributed by atoms with Crippen LogP contribution in [0.2, 0.25) is 0 Å². The highest BCUT2D eigenvalue weighted by molar-refractivity contribution is 5.78. The fourth-order valence-corrected chi connectivity index (χ4v) is 3.96. The zero-order chi connectivity index (χ0) is 20.1. The van der Waals surface area contributed by atoms with Gasteiger partial charge in [-0.05, 0) is 54.5 Å². The summed E-state index contributed by atoms with van der Waals surface area (Å²) < 4.78 is 0. The number of carbonyl (C=O) groups excluding carboxylic acids is 1. The molecule has 3 atom stereocenters. The van der Waals surface area contributed by atoms with Crippen molar-refractivity contribution in [3.63, 3.8) is 0 Å². The third kappa shape index (κ3) is 4.29. The third-order valence-electron chi connectivity index (χ3n) is 5.40. The van der Waals surface area contributed by atoms with Crippen LogP contribution in [0.4, 0.5) is 4.79 Å². The van der Waals surface area contributed by atoms with Crippen LogP contribution in [0.15, 0.2) is 48.8 Å². The van der Waals surface area contributed by atoms with Crippen molar-refractivity contribution in [2.24, 2.45) is 17.6 Å². The summed E-state index contributed by atoms with van der Waals surface area (Å²) >= 11 is 0. The molecule has 7 heteroatoms. The van der Waals surface area contributed by atoms with Crippen molar-refractivity contribution >= 4 is 12.0 Å². The number of amides is 2. The Labute approximate surface area is 163 Å². The van der Waals surface area contributed by atoms with Crippen molar-refractivity contribution in [3.05, 3.63) is 65.5 Å². The summed E-state index contributed by atoms with van der Waals surface area (Å²) in [5, 5.41) is 18.7. The second-order valence-electron chi connectivity index (χ2n) is 7.09. The highest BCUT2D eigenvalue weighted by Gasteiger charge is 2.40. The summed E-state index contributed by atoms with van der Waals surface area (Å²) in [5.41, 5.74) is 8.02. The van der Waals surface area contributed by atoms with Crippen LogP contribution in [-0.2, 0) is 11.2 Å². The van der Waals surface area contributed by atoms with Crippen LogP contribution in [0.5, 0.6) is 0 Å². The minimum atomic E-state index is -1.07. The van der Waals surface area contributed by atoms with Gasteiger partial charge in [-0.25, -0.2) is 4.79 Å². The van der Waals surface area contributed by atoms with E-state index in [1.807, 2.05) is 24.3 Å². The molecule has 0 spiro atoms. The van der Waals surface area contributed by atoms with Crippen LogP contribution in [0.1, 0.15) is 35.6 Å². The number of likely N-dealkylation sites (tertiary alicyclic amines) is 1. The number of nitrogens with two attached hydrogens (primary N) is 1. The van der Waals surface area contributed by atoms with E-state index in [-0.39, 0.29) is 18.5 Å². The van der Waals surface area contributed by atoms with Gasteiger partial charge in [0.05, 0.1) is 23.6 Å². The fourth-order valence-electron chi connectivity index (χ4n) is 3.96. The maximum Gasteiger partial charge on any atom is 0.407 e. The average Bonchev–Trinajstić information content (AvgIpc) is 2.72. The normalized spacial score (nSPS) is 21.7. The number of piperidine rings is 1. The second-order valence-corrected chi connectivity index (χ2v) is 7.09. The first kappa shape index (κ1) is 19.4. The zero-order valence-electron chi connectivity index (χ0n) is 15.4. The summed E-state index contributed by atoms with van der Waals surface area (Å²) in [7, 11) is 0. The number of pyridine rings is 1. The molecule has 3 rings (SSSR count). The van der Waals surface area contributed by atoms with E-state index in [1.165, 1.54) is 4.90 Å². The Kier molecular flexibility index (Phi) is 5.90. The Balaban J connectivity index is 1.82. The van der Waals surface area contributed by atoms with E-state index in [9.17, 15) is 14.7 Å². The van der Waals surface area contributed by atoms with Crippen molar-refractivity contribution < 1.29 is 14.7 Å². The van der Waals surface area contributed by atoms with Crippen LogP contribution in [-0.4, -0.2) is 33.5 Å². The van der Waals surface area contributed by atoms with Crippen LogP contribution < -0.4 is 5.73 Å². The molecule has 0 bridgehead atoms. The Hall–Kier alpha value is -3.40. The lowest BCUT2D eigenvalue weighted by Crippen LogP contribution is -2.49. The SMILES string of the molecule is N#Cc1cccc(CCC2CC(c3cccnc3)N(C(=O)O)CC2C(N)=O)c1. The predicted octanol–water partition coefficient (Wildman–Crippen LogP) is 2.73. The molecule has 28 heavy (non-hydrogen) atoms. The summed E-state index contributed by atoms with van der Waals surface area (Å²) in [6.07, 6.45) is 4.12. The number of carbonyl (C=O) groups is 2. The van der Waals surface area contributed by atoms with E-state index in [2.05, 4.69) is 11.1 Å². The first-order valence-corrected chi connectivity index (χ1v) is 9.17. The number of aromatic nitrogens is 1. The summed E-state index contributed by atoms with van der Waals surface area (Å²) in [6.45, 7) is 0.0765. The molecule has 2 heterocycles. The van der Waals surface area contributed by atoms with E-state index in [1.54, 1.807) is 24.5 Å². The Morgan fingerprint density at radius 2 is 2.14 bits per heavy atom. The molecule has 1 saturated heterocycles. The van der Waals surface area contributed by atoms with E-state index < -0.39 is 17.9 Å². The van der Waals surface area contributed by atoms with Gasteiger partial charge in [-0.2, -0.15) is 5.26 Å². The van der Waals surface area contributed by atoms with Gasteiger partial charge in [0.15, 0.2) is 0 Å². The molecule has 7 nitrogen and oxygen atoms in total. The quantitative estimate of drug-likeness (QED) is 0.829. The average molecular weight is 378 g/mol. The number of benzene rings is 1. The van der Waals surface area contributed by atoms with Crippen LogP contribution >= 0.6 is 0 Å². The van der Waals surface area contributed by atoms with E-state index >= 15 is 0 Å². The Morgan fingerprint density at radius 1 is 1.32 bits per heavy atom. The number of primary amides is 1. The predicted molar refractivity (Wildman–Crippen MR) is 102 cm³/mol. The smallest absolute Gasteiger partial charge is 0.407 e. The number of nitriles is 1. The molecule has 1 aliphatic heterocycles. The highest BCUT2D eigenvalue weighted by Crippen LogP contribution is 2.39. The molecular weight excluding hydrogens is 356 g/mol. The number of hydrogen-bond donors (Lipinski definition) is 2. The van der Waals surface area contributed by atoms with Crippen molar-refractivity contribution in [1.82, 2.24) is 9.88 Å². The van der Waals surface area contributed by atoms with Gasteiger partial charge in [0.2, 0.25) is 5.91 Å². The second kappa shape index (κ2) is 8.53. The first-order chi connectivity index (χ1) is 13.5.